The van der Waals surface area contributed by atoms with Crippen molar-refractivity contribution in [2.75, 3.05) is 31.1 Å². The van der Waals surface area contributed by atoms with Gasteiger partial charge in [-0.1, -0.05) is 23.2 Å². The minimum atomic E-state index is -0.879. The highest BCUT2D eigenvalue weighted by Crippen LogP contribution is 2.25. The first kappa shape index (κ1) is 21.3. The minimum absolute atomic E-state index is 0.175. The standard InChI is InChI=1S/C20H19Cl2F2N3O2/c21-13-1-3-15(16(22)7-13)20(29)26-10-19(28)25-9-12-5-6-27(11-12)14-2-4-17(23)18(24)8-14/h1-4,7-8,12H,5-6,9-11H2,(H,25,28)(H,26,29). The van der Waals surface area contributed by atoms with E-state index in [1.54, 1.807) is 6.07 Å². The van der Waals surface area contributed by atoms with Gasteiger partial charge in [0, 0.05) is 36.4 Å². The summed E-state index contributed by atoms with van der Waals surface area (Å²) in [6.45, 7) is 1.56. The number of carbonyl (C=O) groups is 2. The molecule has 1 unspecified atom stereocenters. The molecule has 29 heavy (non-hydrogen) atoms. The Morgan fingerprint density at radius 3 is 2.59 bits per heavy atom. The summed E-state index contributed by atoms with van der Waals surface area (Å²) in [5.41, 5.74) is 0.853. The lowest BCUT2D eigenvalue weighted by molar-refractivity contribution is -0.120. The van der Waals surface area contributed by atoms with Gasteiger partial charge in [0.15, 0.2) is 11.6 Å². The molecule has 0 radical (unpaired) electrons. The molecule has 0 saturated carbocycles. The molecule has 0 aliphatic carbocycles. The van der Waals surface area contributed by atoms with Crippen molar-refractivity contribution in [2.45, 2.75) is 6.42 Å². The van der Waals surface area contributed by atoms with Crippen molar-refractivity contribution >= 4 is 40.7 Å². The summed E-state index contributed by atoms with van der Waals surface area (Å²) in [6, 6.07) is 8.31. The quantitative estimate of drug-likeness (QED) is 0.718. The SMILES string of the molecule is O=C(CNC(=O)c1ccc(Cl)cc1Cl)NCC1CCN(c2ccc(F)c(F)c2)C1. The highest BCUT2D eigenvalue weighted by molar-refractivity contribution is 6.36. The first-order valence-corrected chi connectivity index (χ1v) is 9.79. The van der Waals surface area contributed by atoms with Gasteiger partial charge in [0.05, 0.1) is 17.1 Å². The Kier molecular flexibility index (Phi) is 6.92. The molecule has 1 atom stereocenters. The van der Waals surface area contributed by atoms with Crippen LogP contribution in [0.4, 0.5) is 14.5 Å². The van der Waals surface area contributed by atoms with Gasteiger partial charge in [-0.15, -0.1) is 0 Å². The summed E-state index contributed by atoms with van der Waals surface area (Å²) in [5.74, 6) is -2.37. The van der Waals surface area contributed by atoms with Crippen molar-refractivity contribution in [3.63, 3.8) is 0 Å². The lowest BCUT2D eigenvalue weighted by Gasteiger charge is -2.19. The third kappa shape index (κ3) is 5.58. The summed E-state index contributed by atoms with van der Waals surface area (Å²) in [4.78, 5) is 26.1. The molecular formula is C20H19Cl2F2N3O2. The fraction of sp³-hybridized carbons (Fsp3) is 0.300. The molecule has 1 fully saturated rings. The van der Waals surface area contributed by atoms with E-state index >= 15 is 0 Å². The molecular weight excluding hydrogens is 423 g/mol. The Morgan fingerprint density at radius 2 is 1.86 bits per heavy atom. The van der Waals surface area contributed by atoms with Crippen LogP contribution < -0.4 is 15.5 Å². The Hall–Kier alpha value is -2.38. The van der Waals surface area contributed by atoms with Crippen LogP contribution in [0.5, 0.6) is 0 Å². The number of benzene rings is 2. The number of carbonyl (C=O) groups excluding carboxylic acids is 2. The van der Waals surface area contributed by atoms with E-state index in [0.29, 0.717) is 30.3 Å². The van der Waals surface area contributed by atoms with Crippen molar-refractivity contribution < 1.29 is 18.4 Å². The van der Waals surface area contributed by atoms with Crippen LogP contribution in [0.3, 0.4) is 0 Å². The number of anilines is 1. The largest absolute Gasteiger partial charge is 0.371 e. The van der Waals surface area contributed by atoms with Gasteiger partial charge in [0.25, 0.3) is 5.91 Å². The number of halogens is 4. The molecule has 3 rings (SSSR count). The van der Waals surface area contributed by atoms with Crippen molar-refractivity contribution in [2.24, 2.45) is 5.92 Å². The second kappa shape index (κ2) is 9.41. The zero-order valence-corrected chi connectivity index (χ0v) is 16.9. The lowest BCUT2D eigenvalue weighted by atomic mass is 10.1. The van der Waals surface area contributed by atoms with Crippen LogP contribution in [-0.2, 0) is 4.79 Å². The molecule has 2 aromatic carbocycles. The molecule has 1 saturated heterocycles. The minimum Gasteiger partial charge on any atom is -0.371 e. The van der Waals surface area contributed by atoms with E-state index in [1.807, 2.05) is 4.90 Å². The summed E-state index contributed by atoms with van der Waals surface area (Å²) >= 11 is 11.8. The molecule has 154 valence electrons. The second-order valence-corrected chi connectivity index (χ2v) is 7.65. The topological polar surface area (TPSA) is 61.4 Å². The van der Waals surface area contributed by atoms with Crippen molar-refractivity contribution in [1.29, 1.82) is 0 Å². The molecule has 1 aliphatic rings. The average molecular weight is 442 g/mol. The van der Waals surface area contributed by atoms with Crippen LogP contribution >= 0.6 is 23.2 Å². The van der Waals surface area contributed by atoms with Crippen molar-refractivity contribution in [3.8, 4) is 0 Å². The van der Waals surface area contributed by atoms with Crippen LogP contribution in [0.15, 0.2) is 36.4 Å². The van der Waals surface area contributed by atoms with Crippen LogP contribution in [0, 0.1) is 17.6 Å². The van der Waals surface area contributed by atoms with Gasteiger partial charge in [-0.05, 0) is 42.7 Å². The maximum absolute atomic E-state index is 13.4. The van der Waals surface area contributed by atoms with Gasteiger partial charge in [0.1, 0.15) is 0 Å². The van der Waals surface area contributed by atoms with Gasteiger partial charge in [0.2, 0.25) is 5.91 Å². The zero-order chi connectivity index (χ0) is 21.0. The molecule has 0 spiro atoms. The predicted molar refractivity (Wildman–Crippen MR) is 108 cm³/mol. The summed E-state index contributed by atoms with van der Waals surface area (Å²) in [7, 11) is 0. The second-order valence-electron chi connectivity index (χ2n) is 6.81. The lowest BCUT2D eigenvalue weighted by Crippen LogP contribution is -2.39. The maximum Gasteiger partial charge on any atom is 0.253 e. The van der Waals surface area contributed by atoms with Crippen LogP contribution in [-0.4, -0.2) is 38.0 Å². The summed E-state index contributed by atoms with van der Waals surface area (Å²) in [5, 5.41) is 5.92. The average Bonchev–Trinajstić information content (AvgIpc) is 3.15. The third-order valence-corrected chi connectivity index (χ3v) is 5.28. The molecule has 2 amide bonds. The predicted octanol–water partition coefficient (Wildman–Crippen LogP) is 3.64. The molecule has 2 N–H and O–H groups in total. The van der Waals surface area contributed by atoms with E-state index in [-0.39, 0.29) is 29.0 Å². The number of nitrogens with one attached hydrogen (secondary N) is 2. The van der Waals surface area contributed by atoms with E-state index in [4.69, 9.17) is 23.2 Å². The third-order valence-electron chi connectivity index (χ3n) is 4.73. The number of nitrogens with zero attached hydrogens (tertiary/aromatic N) is 1. The van der Waals surface area contributed by atoms with E-state index in [2.05, 4.69) is 10.6 Å². The zero-order valence-electron chi connectivity index (χ0n) is 15.4. The molecule has 1 aliphatic heterocycles. The highest BCUT2D eigenvalue weighted by Gasteiger charge is 2.24. The number of amides is 2. The maximum atomic E-state index is 13.4. The molecule has 0 bridgehead atoms. The summed E-state index contributed by atoms with van der Waals surface area (Å²) < 4.78 is 26.5. The molecule has 5 nitrogen and oxygen atoms in total. The van der Waals surface area contributed by atoms with E-state index in [9.17, 15) is 18.4 Å². The van der Waals surface area contributed by atoms with Gasteiger partial charge in [-0.3, -0.25) is 9.59 Å². The summed E-state index contributed by atoms with van der Waals surface area (Å²) in [6.07, 6.45) is 0.812. The van der Waals surface area contributed by atoms with E-state index < -0.39 is 17.5 Å². The van der Waals surface area contributed by atoms with E-state index in [1.165, 1.54) is 24.3 Å². The van der Waals surface area contributed by atoms with Crippen molar-refractivity contribution in [3.05, 3.63) is 63.6 Å². The first-order chi connectivity index (χ1) is 13.8. The first-order valence-electron chi connectivity index (χ1n) is 9.03. The smallest absolute Gasteiger partial charge is 0.253 e. The van der Waals surface area contributed by atoms with Crippen LogP contribution in [0.2, 0.25) is 10.0 Å². The normalized spacial score (nSPS) is 16.0. The Balaban J connectivity index is 1.43. The number of rotatable bonds is 6. The van der Waals surface area contributed by atoms with Crippen LogP contribution in [0.25, 0.3) is 0 Å². The van der Waals surface area contributed by atoms with Gasteiger partial charge in [-0.2, -0.15) is 0 Å². The number of hydrogen-bond acceptors (Lipinski definition) is 3. The fourth-order valence-electron chi connectivity index (χ4n) is 3.17. The Labute approximate surface area is 177 Å². The highest BCUT2D eigenvalue weighted by atomic mass is 35.5. The molecule has 0 aromatic heterocycles. The Morgan fingerprint density at radius 1 is 1.07 bits per heavy atom. The van der Waals surface area contributed by atoms with Crippen LogP contribution in [0.1, 0.15) is 16.8 Å². The van der Waals surface area contributed by atoms with Gasteiger partial charge in [-0.25, -0.2) is 8.78 Å². The fourth-order valence-corrected chi connectivity index (χ4v) is 3.66. The molecule has 9 heteroatoms. The van der Waals surface area contributed by atoms with Crippen molar-refractivity contribution in [1.82, 2.24) is 10.6 Å². The number of hydrogen-bond donors (Lipinski definition) is 2. The molecule has 1 heterocycles. The van der Waals surface area contributed by atoms with Gasteiger partial charge >= 0.3 is 0 Å². The monoisotopic (exact) mass is 441 g/mol. The van der Waals surface area contributed by atoms with E-state index in [0.717, 1.165) is 12.5 Å². The van der Waals surface area contributed by atoms with Gasteiger partial charge < -0.3 is 15.5 Å². The Bertz CT molecular complexity index is 927. The molecule has 2 aromatic rings.